The van der Waals surface area contributed by atoms with Gasteiger partial charge in [0.25, 0.3) is 0 Å². The largest absolute Gasteiger partial charge is 0.340 e. The number of carbonyl (C=O) groups is 1. The molecule has 0 heterocycles. The lowest BCUT2D eigenvalue weighted by Gasteiger charge is -2.17. The van der Waals surface area contributed by atoms with E-state index < -0.39 is 6.04 Å². The Hall–Kier alpha value is -1.82. The summed E-state index contributed by atoms with van der Waals surface area (Å²) < 4.78 is 0. The van der Waals surface area contributed by atoms with Crippen molar-refractivity contribution in [1.82, 2.24) is 5.32 Å². The van der Waals surface area contributed by atoms with Gasteiger partial charge < -0.3 is 5.32 Å². The van der Waals surface area contributed by atoms with Crippen molar-refractivity contribution >= 4 is 5.91 Å². The smallest absolute Gasteiger partial charge is 0.224 e. The normalized spacial score (nSPS) is 13.2. The Labute approximate surface area is 122 Å². The molecular formula is C17H24N2O. The Morgan fingerprint density at radius 3 is 2.55 bits per heavy atom. The lowest BCUT2D eigenvalue weighted by molar-refractivity contribution is -0.125. The van der Waals surface area contributed by atoms with Gasteiger partial charge in [0.2, 0.25) is 5.91 Å². The monoisotopic (exact) mass is 272 g/mol. The van der Waals surface area contributed by atoms with Gasteiger partial charge in [-0.25, -0.2) is 0 Å². The first-order chi connectivity index (χ1) is 9.71. The quantitative estimate of drug-likeness (QED) is 0.788. The minimum Gasteiger partial charge on any atom is -0.340 e. The van der Waals surface area contributed by atoms with Gasteiger partial charge in [-0.05, 0) is 18.4 Å². The van der Waals surface area contributed by atoms with Crippen LogP contribution in [0, 0.1) is 17.2 Å². The molecule has 2 unspecified atom stereocenters. The number of nitriles is 1. The van der Waals surface area contributed by atoms with Crippen molar-refractivity contribution in [3.63, 3.8) is 0 Å². The zero-order valence-electron chi connectivity index (χ0n) is 12.4. The molecule has 1 rings (SSSR count). The standard InChI is InChI=1S/C17H24N2O/c1-3-5-11-15(4-2)17(20)19-16(13-18)12-14-9-7-6-8-10-14/h6-10,15-16H,3-5,11-12H2,1-2H3,(H,19,20). The molecule has 2 atom stereocenters. The van der Waals surface area contributed by atoms with Gasteiger partial charge in [0, 0.05) is 12.3 Å². The summed E-state index contributed by atoms with van der Waals surface area (Å²) in [6.07, 6.45) is 4.45. The van der Waals surface area contributed by atoms with Crippen molar-refractivity contribution in [2.75, 3.05) is 0 Å². The number of carbonyl (C=O) groups excluding carboxylic acids is 1. The molecule has 1 N–H and O–H groups in total. The third-order valence-corrected chi connectivity index (χ3v) is 3.52. The third-order valence-electron chi connectivity index (χ3n) is 3.52. The number of amides is 1. The fourth-order valence-corrected chi connectivity index (χ4v) is 2.24. The number of nitrogens with zero attached hydrogens (tertiary/aromatic N) is 1. The molecule has 0 aliphatic rings. The molecule has 0 radical (unpaired) electrons. The van der Waals surface area contributed by atoms with Crippen LogP contribution in [0.5, 0.6) is 0 Å². The van der Waals surface area contributed by atoms with Crippen LogP contribution >= 0.6 is 0 Å². The highest BCUT2D eigenvalue weighted by Gasteiger charge is 2.19. The Balaban J connectivity index is 2.55. The maximum absolute atomic E-state index is 12.2. The van der Waals surface area contributed by atoms with Gasteiger partial charge in [-0.15, -0.1) is 0 Å². The fourth-order valence-electron chi connectivity index (χ4n) is 2.24. The van der Waals surface area contributed by atoms with Gasteiger partial charge in [0.05, 0.1) is 6.07 Å². The molecule has 3 heteroatoms. The van der Waals surface area contributed by atoms with Gasteiger partial charge in [0.1, 0.15) is 6.04 Å². The number of hydrogen-bond donors (Lipinski definition) is 1. The molecule has 0 aliphatic heterocycles. The Kier molecular flexibility index (Phi) is 7.42. The number of hydrogen-bond acceptors (Lipinski definition) is 2. The van der Waals surface area contributed by atoms with E-state index in [1.807, 2.05) is 37.3 Å². The maximum atomic E-state index is 12.2. The first-order valence-corrected chi connectivity index (χ1v) is 7.45. The average molecular weight is 272 g/mol. The lowest BCUT2D eigenvalue weighted by atomic mass is 9.97. The first-order valence-electron chi connectivity index (χ1n) is 7.45. The minimum atomic E-state index is -0.444. The van der Waals surface area contributed by atoms with E-state index in [9.17, 15) is 10.1 Å². The van der Waals surface area contributed by atoms with E-state index in [4.69, 9.17) is 0 Å². The van der Waals surface area contributed by atoms with Crippen molar-refractivity contribution in [3.05, 3.63) is 35.9 Å². The summed E-state index contributed by atoms with van der Waals surface area (Å²) in [5, 5.41) is 12.1. The van der Waals surface area contributed by atoms with E-state index in [0.717, 1.165) is 31.2 Å². The molecule has 0 spiro atoms. The van der Waals surface area contributed by atoms with Crippen molar-refractivity contribution in [2.24, 2.45) is 5.92 Å². The predicted molar refractivity (Wildman–Crippen MR) is 81.0 cm³/mol. The number of benzene rings is 1. The van der Waals surface area contributed by atoms with Crippen molar-refractivity contribution in [1.29, 1.82) is 5.26 Å². The second-order valence-corrected chi connectivity index (χ2v) is 5.13. The molecule has 0 bridgehead atoms. The van der Waals surface area contributed by atoms with Crippen LogP contribution in [0.3, 0.4) is 0 Å². The van der Waals surface area contributed by atoms with Crippen molar-refractivity contribution < 1.29 is 4.79 Å². The van der Waals surface area contributed by atoms with Crippen LogP contribution in [0.15, 0.2) is 30.3 Å². The SMILES string of the molecule is CCCCC(CC)C(=O)NC(C#N)Cc1ccccc1. The Morgan fingerprint density at radius 2 is 2.00 bits per heavy atom. The topological polar surface area (TPSA) is 52.9 Å². The van der Waals surface area contributed by atoms with Crippen LogP contribution in [0.25, 0.3) is 0 Å². The first kappa shape index (κ1) is 16.2. The second kappa shape index (κ2) is 9.14. The maximum Gasteiger partial charge on any atom is 0.224 e. The molecule has 1 aromatic carbocycles. The summed E-state index contributed by atoms with van der Waals surface area (Å²) in [6.45, 7) is 4.15. The Morgan fingerprint density at radius 1 is 1.30 bits per heavy atom. The van der Waals surface area contributed by atoms with Crippen LogP contribution in [-0.2, 0) is 11.2 Å². The van der Waals surface area contributed by atoms with Gasteiger partial charge in [-0.3, -0.25) is 4.79 Å². The summed E-state index contributed by atoms with van der Waals surface area (Å²) in [5.41, 5.74) is 1.07. The number of rotatable bonds is 8. The van der Waals surface area contributed by atoms with E-state index >= 15 is 0 Å². The van der Waals surface area contributed by atoms with Crippen LogP contribution in [-0.4, -0.2) is 11.9 Å². The van der Waals surface area contributed by atoms with E-state index in [2.05, 4.69) is 18.3 Å². The summed E-state index contributed by atoms with van der Waals surface area (Å²) in [5.74, 6) is 0.0463. The third kappa shape index (κ3) is 5.44. The highest BCUT2D eigenvalue weighted by atomic mass is 16.1. The Bertz CT molecular complexity index is 436. The fraction of sp³-hybridized carbons (Fsp3) is 0.529. The van der Waals surface area contributed by atoms with Crippen LogP contribution in [0.1, 0.15) is 45.1 Å². The molecule has 3 nitrogen and oxygen atoms in total. The zero-order chi connectivity index (χ0) is 14.8. The molecule has 20 heavy (non-hydrogen) atoms. The zero-order valence-corrected chi connectivity index (χ0v) is 12.4. The summed E-state index contributed by atoms with van der Waals surface area (Å²) >= 11 is 0. The molecule has 0 saturated carbocycles. The van der Waals surface area contributed by atoms with Crippen LogP contribution in [0.4, 0.5) is 0 Å². The summed E-state index contributed by atoms with van der Waals surface area (Å²) in [4.78, 5) is 12.2. The molecule has 1 aromatic rings. The second-order valence-electron chi connectivity index (χ2n) is 5.13. The van der Waals surface area contributed by atoms with Gasteiger partial charge in [-0.1, -0.05) is 57.0 Å². The lowest BCUT2D eigenvalue weighted by Crippen LogP contribution is -2.39. The molecule has 1 amide bonds. The van der Waals surface area contributed by atoms with Gasteiger partial charge in [-0.2, -0.15) is 5.26 Å². The van der Waals surface area contributed by atoms with E-state index in [-0.39, 0.29) is 11.8 Å². The summed E-state index contributed by atoms with van der Waals surface area (Å²) in [7, 11) is 0. The molecule has 0 aliphatic carbocycles. The number of nitrogens with one attached hydrogen (secondary N) is 1. The van der Waals surface area contributed by atoms with E-state index in [1.165, 1.54) is 0 Å². The average Bonchev–Trinajstić information content (AvgIpc) is 2.48. The van der Waals surface area contributed by atoms with Gasteiger partial charge >= 0.3 is 0 Å². The highest BCUT2D eigenvalue weighted by Crippen LogP contribution is 2.13. The highest BCUT2D eigenvalue weighted by molar-refractivity contribution is 5.79. The molecular weight excluding hydrogens is 248 g/mol. The van der Waals surface area contributed by atoms with Crippen LogP contribution < -0.4 is 5.32 Å². The predicted octanol–water partition coefficient (Wildman–Crippen LogP) is 3.45. The molecule has 0 saturated heterocycles. The summed E-state index contributed by atoms with van der Waals surface area (Å²) in [6, 6.07) is 11.5. The van der Waals surface area contributed by atoms with E-state index in [1.54, 1.807) is 0 Å². The van der Waals surface area contributed by atoms with Gasteiger partial charge in [0.15, 0.2) is 0 Å². The minimum absolute atomic E-state index is 0.0171. The van der Waals surface area contributed by atoms with Crippen molar-refractivity contribution in [2.45, 2.75) is 52.0 Å². The van der Waals surface area contributed by atoms with Crippen molar-refractivity contribution in [3.8, 4) is 6.07 Å². The molecule has 108 valence electrons. The number of unbranched alkanes of at least 4 members (excludes halogenated alkanes) is 1. The van der Waals surface area contributed by atoms with Crippen LogP contribution in [0.2, 0.25) is 0 Å². The molecule has 0 aromatic heterocycles. The molecule has 0 fully saturated rings. The van der Waals surface area contributed by atoms with E-state index in [0.29, 0.717) is 6.42 Å².